The van der Waals surface area contributed by atoms with Crippen molar-refractivity contribution in [3.05, 3.63) is 180 Å². The number of imidazole rings is 1. The van der Waals surface area contributed by atoms with Gasteiger partial charge >= 0.3 is 0 Å². The molecule has 1 aliphatic carbocycles. The van der Waals surface area contributed by atoms with Crippen LogP contribution in [0.25, 0.3) is 115 Å². The average molecular weight is 673 g/mol. The van der Waals surface area contributed by atoms with Crippen LogP contribution in [0.15, 0.2) is 175 Å². The number of pyridine rings is 1. The van der Waals surface area contributed by atoms with Gasteiger partial charge in [0.25, 0.3) is 5.56 Å². The van der Waals surface area contributed by atoms with Crippen molar-refractivity contribution < 1.29 is 0 Å². The highest BCUT2D eigenvalue weighted by Crippen LogP contribution is 2.58. The molecular weight excluding hydrogens is 645 g/mol. The highest BCUT2D eigenvalue weighted by atomic mass is 16.1. The fourth-order valence-corrected chi connectivity index (χ4v) is 9.38. The van der Waals surface area contributed by atoms with Gasteiger partial charge in [-0.15, -0.1) is 0 Å². The molecule has 0 radical (unpaired) electrons. The van der Waals surface area contributed by atoms with E-state index in [1.54, 1.807) is 4.40 Å². The van der Waals surface area contributed by atoms with Crippen LogP contribution in [0.4, 0.5) is 0 Å². The zero-order valence-electron chi connectivity index (χ0n) is 28.5. The van der Waals surface area contributed by atoms with Gasteiger partial charge in [-0.05, 0) is 107 Å². The van der Waals surface area contributed by atoms with Crippen molar-refractivity contribution in [1.29, 1.82) is 0 Å². The van der Waals surface area contributed by atoms with Gasteiger partial charge in [0.15, 0.2) is 0 Å². The van der Waals surface area contributed by atoms with E-state index in [2.05, 4.69) is 133 Å². The van der Waals surface area contributed by atoms with Gasteiger partial charge in [0, 0.05) is 16.2 Å². The van der Waals surface area contributed by atoms with Crippen molar-refractivity contribution >= 4 is 59.8 Å². The minimum atomic E-state index is -0.0336. The first kappa shape index (κ1) is 28.6. The van der Waals surface area contributed by atoms with Crippen molar-refractivity contribution in [2.75, 3.05) is 0 Å². The van der Waals surface area contributed by atoms with E-state index in [-0.39, 0.29) is 5.56 Å². The van der Waals surface area contributed by atoms with Crippen LogP contribution in [0.2, 0.25) is 0 Å². The van der Waals surface area contributed by atoms with Crippen molar-refractivity contribution in [2.45, 2.75) is 0 Å². The summed E-state index contributed by atoms with van der Waals surface area (Å²) in [5.74, 6) is 0. The quantitative estimate of drug-likeness (QED) is 0.187. The number of rotatable bonds is 3. The summed E-state index contributed by atoms with van der Waals surface area (Å²) < 4.78 is 1.78. The average Bonchev–Trinajstić information content (AvgIpc) is 3.77. The lowest BCUT2D eigenvalue weighted by molar-refractivity contribution is 1.19. The van der Waals surface area contributed by atoms with Crippen LogP contribution >= 0.6 is 0 Å². The standard InChI is InChI=1S/C50H28N2O/c53-50-40-22-12-20-34-32(26-28-39(46(34)40)49-51-41-23-9-10-24-42(41)52(49)50)31-25-27-38-45-33(31)19-11-21-37(45)47-43(29-13-3-1-4-14-29)35-17-7-8-18-36(35)44(48(38)47)30-15-5-2-6-16-30/h1-28H. The first-order chi connectivity index (χ1) is 26.3. The number of hydrogen-bond donors (Lipinski definition) is 0. The van der Waals surface area contributed by atoms with E-state index in [1.165, 1.54) is 66.1 Å². The largest absolute Gasteiger partial charge is 0.268 e. The van der Waals surface area contributed by atoms with E-state index in [1.807, 2.05) is 36.4 Å². The Kier molecular flexibility index (Phi) is 5.65. The normalized spacial score (nSPS) is 12.2. The van der Waals surface area contributed by atoms with Gasteiger partial charge in [0.05, 0.1) is 11.0 Å². The van der Waals surface area contributed by atoms with Gasteiger partial charge < -0.3 is 0 Å². The molecule has 0 N–H and O–H groups in total. The minimum absolute atomic E-state index is 0.0336. The van der Waals surface area contributed by atoms with Crippen LogP contribution in [0.3, 0.4) is 0 Å². The van der Waals surface area contributed by atoms with Gasteiger partial charge in [-0.2, -0.15) is 0 Å². The second kappa shape index (κ2) is 10.5. The molecule has 0 bridgehead atoms. The molecular formula is C50H28N2O. The van der Waals surface area contributed by atoms with Gasteiger partial charge in [0.2, 0.25) is 0 Å². The molecule has 0 saturated carbocycles. The first-order valence-electron chi connectivity index (χ1n) is 18.1. The van der Waals surface area contributed by atoms with Gasteiger partial charge in [0.1, 0.15) is 5.65 Å². The number of nitrogens with zero attached hydrogens (tertiary/aromatic N) is 2. The van der Waals surface area contributed by atoms with E-state index in [9.17, 15) is 4.79 Å². The van der Waals surface area contributed by atoms with Crippen LogP contribution in [-0.2, 0) is 0 Å². The predicted molar refractivity (Wildman–Crippen MR) is 221 cm³/mol. The lowest BCUT2D eigenvalue weighted by Gasteiger charge is -2.20. The van der Waals surface area contributed by atoms with Gasteiger partial charge in [-0.25, -0.2) is 4.98 Å². The monoisotopic (exact) mass is 672 g/mol. The third-order valence-electron chi connectivity index (χ3n) is 11.5. The van der Waals surface area contributed by atoms with Gasteiger partial charge in [-0.3, -0.25) is 9.20 Å². The molecule has 0 amide bonds. The smallest absolute Gasteiger partial charge is 0.264 e. The number of aromatic nitrogens is 2. The molecule has 2 heterocycles. The second-order valence-electron chi connectivity index (χ2n) is 14.1. The van der Waals surface area contributed by atoms with Gasteiger partial charge in [-0.1, -0.05) is 146 Å². The third-order valence-corrected chi connectivity index (χ3v) is 11.5. The molecule has 1 aliphatic rings. The van der Waals surface area contributed by atoms with Crippen molar-refractivity contribution in [3.63, 3.8) is 0 Å². The first-order valence-corrected chi connectivity index (χ1v) is 18.1. The Balaban J connectivity index is 1.20. The Morgan fingerprint density at radius 3 is 1.57 bits per heavy atom. The van der Waals surface area contributed by atoms with Crippen LogP contribution in [-0.4, -0.2) is 9.38 Å². The Morgan fingerprint density at radius 2 is 0.868 bits per heavy atom. The summed E-state index contributed by atoms with van der Waals surface area (Å²) in [4.78, 5) is 19.1. The molecule has 9 aromatic carbocycles. The lowest BCUT2D eigenvalue weighted by atomic mass is 9.82. The molecule has 0 fully saturated rings. The summed E-state index contributed by atoms with van der Waals surface area (Å²) in [7, 11) is 0. The maximum atomic E-state index is 14.2. The highest BCUT2D eigenvalue weighted by molar-refractivity contribution is 6.30. The molecule has 0 spiro atoms. The minimum Gasteiger partial charge on any atom is -0.268 e. The summed E-state index contributed by atoms with van der Waals surface area (Å²) in [5.41, 5.74) is 14.6. The van der Waals surface area contributed by atoms with Crippen LogP contribution in [0.5, 0.6) is 0 Å². The van der Waals surface area contributed by atoms with Crippen LogP contribution in [0, 0.1) is 0 Å². The number of fused-ring (bicyclic) bond motifs is 8. The van der Waals surface area contributed by atoms with E-state index >= 15 is 0 Å². The Bertz CT molecular complexity index is 3310. The Morgan fingerprint density at radius 1 is 0.358 bits per heavy atom. The molecule has 12 rings (SSSR count). The van der Waals surface area contributed by atoms with Crippen LogP contribution in [0.1, 0.15) is 0 Å². The molecule has 11 aromatic rings. The summed E-state index contributed by atoms with van der Waals surface area (Å²) in [5, 5.41) is 8.69. The summed E-state index contributed by atoms with van der Waals surface area (Å²) in [6.45, 7) is 0. The number of hydrogen-bond acceptors (Lipinski definition) is 2. The maximum Gasteiger partial charge on any atom is 0.264 e. The van der Waals surface area contributed by atoms with Crippen molar-refractivity contribution in [3.8, 4) is 55.6 Å². The SMILES string of the molecule is O=c1c2cccc3c(-c4ccc5c6c(cccc46)-c4c-5c(-c5ccccc5)c5ccccc5c4-c4ccccc4)ccc(c32)c2nc3ccccc3n12. The molecule has 0 atom stereocenters. The fraction of sp³-hybridized carbons (Fsp3) is 0. The topological polar surface area (TPSA) is 34.4 Å². The molecule has 244 valence electrons. The summed E-state index contributed by atoms with van der Waals surface area (Å²) in [6, 6.07) is 60.4. The lowest BCUT2D eigenvalue weighted by Crippen LogP contribution is -2.13. The van der Waals surface area contributed by atoms with E-state index in [0.29, 0.717) is 11.0 Å². The molecule has 0 saturated heterocycles. The maximum absolute atomic E-state index is 14.2. The number of para-hydroxylation sites is 2. The number of benzene rings is 9. The van der Waals surface area contributed by atoms with E-state index in [4.69, 9.17) is 4.98 Å². The second-order valence-corrected chi connectivity index (χ2v) is 14.1. The molecule has 3 heteroatoms. The summed E-state index contributed by atoms with van der Waals surface area (Å²) >= 11 is 0. The molecule has 0 unspecified atom stereocenters. The van der Waals surface area contributed by atoms with Crippen molar-refractivity contribution in [2.24, 2.45) is 0 Å². The Labute approximate surface area is 304 Å². The van der Waals surface area contributed by atoms with E-state index < -0.39 is 0 Å². The fourth-order valence-electron chi connectivity index (χ4n) is 9.38. The molecule has 2 aromatic heterocycles. The Hall–Kier alpha value is -7.10. The third kappa shape index (κ3) is 3.73. The molecule has 53 heavy (non-hydrogen) atoms. The molecule has 3 nitrogen and oxygen atoms in total. The molecule has 0 aliphatic heterocycles. The van der Waals surface area contributed by atoms with E-state index in [0.717, 1.165) is 38.3 Å². The van der Waals surface area contributed by atoms with Crippen LogP contribution < -0.4 is 5.56 Å². The zero-order valence-corrected chi connectivity index (χ0v) is 28.5. The summed E-state index contributed by atoms with van der Waals surface area (Å²) in [6.07, 6.45) is 0. The zero-order chi connectivity index (χ0) is 34.8. The van der Waals surface area contributed by atoms with Crippen molar-refractivity contribution in [1.82, 2.24) is 9.38 Å². The highest BCUT2D eigenvalue weighted by Gasteiger charge is 2.31. The predicted octanol–water partition coefficient (Wildman–Crippen LogP) is 12.5.